The summed E-state index contributed by atoms with van der Waals surface area (Å²) in [4.78, 5) is 29.5. The molecule has 0 aliphatic heterocycles. The van der Waals surface area contributed by atoms with Gasteiger partial charge in [-0.3, -0.25) is 9.69 Å². The summed E-state index contributed by atoms with van der Waals surface area (Å²) in [7, 11) is 1.66. The summed E-state index contributed by atoms with van der Waals surface area (Å²) in [6, 6.07) is 25.5. The van der Waals surface area contributed by atoms with Gasteiger partial charge in [-0.1, -0.05) is 83.4 Å². The molecule has 0 spiro atoms. The van der Waals surface area contributed by atoms with Crippen molar-refractivity contribution in [3.05, 3.63) is 94.9 Å². The van der Waals surface area contributed by atoms with Gasteiger partial charge in [0.25, 0.3) is 0 Å². The molecule has 0 radical (unpaired) electrons. The number of fused-ring (bicyclic) bond motifs is 3. The molecule has 0 saturated heterocycles. The first-order valence-corrected chi connectivity index (χ1v) is 14.8. The van der Waals surface area contributed by atoms with Gasteiger partial charge in [-0.2, -0.15) is 11.8 Å². The minimum Gasteiger partial charge on any atom is -0.448 e. The van der Waals surface area contributed by atoms with E-state index in [2.05, 4.69) is 33.9 Å². The van der Waals surface area contributed by atoms with Crippen LogP contribution in [-0.2, 0) is 16.0 Å². The van der Waals surface area contributed by atoms with E-state index in [1.807, 2.05) is 74.7 Å². The molecule has 1 aromatic heterocycles. The van der Waals surface area contributed by atoms with Crippen LogP contribution in [0.25, 0.3) is 22.4 Å². The van der Waals surface area contributed by atoms with Crippen LogP contribution in [0.2, 0.25) is 0 Å². The van der Waals surface area contributed by atoms with E-state index >= 15 is 0 Å². The predicted molar refractivity (Wildman–Crippen MR) is 158 cm³/mol. The van der Waals surface area contributed by atoms with Crippen LogP contribution in [0.3, 0.4) is 0 Å². The highest BCUT2D eigenvalue weighted by atomic mass is 32.2. The number of nitrogens with zero attached hydrogens (tertiary/aromatic N) is 3. The first-order chi connectivity index (χ1) is 18.8. The van der Waals surface area contributed by atoms with Gasteiger partial charge in [0.1, 0.15) is 18.3 Å². The zero-order chi connectivity index (χ0) is 27.6. The van der Waals surface area contributed by atoms with Crippen LogP contribution >= 0.6 is 23.3 Å². The molecule has 1 heterocycles. The molecule has 1 aliphatic carbocycles. The quantitative estimate of drug-likeness (QED) is 0.228. The number of rotatable bonds is 9. The average molecular weight is 558 g/mol. The Balaban J connectivity index is 1.34. The summed E-state index contributed by atoms with van der Waals surface area (Å²) >= 11 is 2.77. The topological polar surface area (TPSA) is 72.4 Å². The van der Waals surface area contributed by atoms with Crippen LogP contribution in [0.15, 0.2) is 78.9 Å². The Labute approximate surface area is 237 Å². The highest BCUT2D eigenvalue weighted by Gasteiger charge is 2.41. The van der Waals surface area contributed by atoms with E-state index in [1.54, 1.807) is 18.8 Å². The lowest BCUT2D eigenvalue weighted by Crippen LogP contribution is -2.53. The summed E-state index contributed by atoms with van der Waals surface area (Å²) in [6.45, 7) is 4.17. The second-order valence-electron chi connectivity index (χ2n) is 10.2. The third-order valence-corrected chi connectivity index (χ3v) is 9.44. The maximum atomic E-state index is 13.8. The number of carbonyl (C=O) groups excluding carboxylic acids is 2. The number of ether oxygens (including phenoxy) is 1. The zero-order valence-corrected chi connectivity index (χ0v) is 24.1. The van der Waals surface area contributed by atoms with Gasteiger partial charge in [-0.05, 0) is 53.9 Å². The van der Waals surface area contributed by atoms with Crippen LogP contribution in [-0.4, -0.2) is 57.1 Å². The van der Waals surface area contributed by atoms with Gasteiger partial charge in [0.15, 0.2) is 5.78 Å². The first-order valence-electron chi connectivity index (χ1n) is 12.8. The molecule has 5 rings (SSSR count). The van der Waals surface area contributed by atoms with Crippen LogP contribution in [0, 0.1) is 0 Å². The van der Waals surface area contributed by atoms with Crippen molar-refractivity contribution in [2.45, 2.75) is 37.0 Å². The van der Waals surface area contributed by atoms with Gasteiger partial charge < -0.3 is 4.74 Å². The molecule has 4 aromatic rings. The number of thioether (sulfide) groups is 1. The van der Waals surface area contributed by atoms with E-state index in [9.17, 15) is 9.59 Å². The first kappa shape index (κ1) is 27.1. The Morgan fingerprint density at radius 3 is 2.18 bits per heavy atom. The molecule has 0 unspecified atom stereocenters. The van der Waals surface area contributed by atoms with E-state index in [4.69, 9.17) is 4.74 Å². The summed E-state index contributed by atoms with van der Waals surface area (Å²) in [5.74, 6) is -0.122. The number of benzene rings is 3. The van der Waals surface area contributed by atoms with Gasteiger partial charge in [0, 0.05) is 29.7 Å². The third kappa shape index (κ3) is 5.36. The SMILES string of the molecule is CSC(C)(C)[C@@H](C(=O)Cc1snnc1-c1ccccc1)N(C)C(=O)OCC1c2ccccc2-c2ccccc21. The Hall–Kier alpha value is -3.49. The third-order valence-electron chi connectivity index (χ3n) is 7.44. The Morgan fingerprint density at radius 1 is 0.974 bits per heavy atom. The van der Waals surface area contributed by atoms with Crippen LogP contribution in [0.4, 0.5) is 4.79 Å². The largest absolute Gasteiger partial charge is 0.448 e. The monoisotopic (exact) mass is 557 g/mol. The van der Waals surface area contributed by atoms with Crippen LogP contribution in [0.1, 0.15) is 35.8 Å². The smallest absolute Gasteiger partial charge is 0.410 e. The number of hydrogen-bond donors (Lipinski definition) is 0. The van der Waals surface area contributed by atoms with Gasteiger partial charge in [-0.25, -0.2) is 4.79 Å². The van der Waals surface area contributed by atoms with E-state index in [1.165, 1.54) is 27.6 Å². The molecule has 3 aromatic carbocycles. The summed E-state index contributed by atoms with van der Waals surface area (Å²) in [5, 5.41) is 4.28. The standard InChI is InChI=1S/C31H31N3O3S2/c1-31(2,38-4)29(26(35)18-27-28(32-33-39-27)20-12-6-5-7-13-20)34(3)30(36)37-19-25-23-16-10-8-14-21(23)22-15-9-11-17-24(22)25/h5-17,25,29H,18-19H2,1-4H3/t29-/m1/s1. The molecule has 39 heavy (non-hydrogen) atoms. The fraction of sp³-hybridized carbons (Fsp3) is 0.290. The van der Waals surface area contributed by atoms with Gasteiger partial charge >= 0.3 is 6.09 Å². The highest BCUT2D eigenvalue weighted by molar-refractivity contribution is 8.00. The van der Waals surface area contributed by atoms with E-state index < -0.39 is 16.9 Å². The molecule has 0 saturated carbocycles. The summed E-state index contributed by atoms with van der Waals surface area (Å²) in [5.41, 5.74) is 6.27. The van der Waals surface area contributed by atoms with Gasteiger partial charge in [0.2, 0.25) is 0 Å². The van der Waals surface area contributed by atoms with Gasteiger partial charge in [0.05, 0.1) is 4.88 Å². The number of Topliss-reactive ketones (excluding diaryl/α,β-unsaturated/α-hetero) is 1. The highest BCUT2D eigenvalue weighted by Crippen LogP contribution is 2.44. The average Bonchev–Trinajstić information content (AvgIpc) is 3.54. The molecular formula is C31H31N3O3S2. The normalized spacial score (nSPS) is 13.4. The molecule has 1 aliphatic rings. The molecule has 6 nitrogen and oxygen atoms in total. The van der Waals surface area contributed by atoms with E-state index in [-0.39, 0.29) is 24.7 Å². The second kappa shape index (κ2) is 11.3. The van der Waals surface area contributed by atoms with Crippen molar-refractivity contribution in [3.8, 4) is 22.4 Å². The van der Waals surface area contributed by atoms with E-state index in [0.717, 1.165) is 21.6 Å². The lowest BCUT2D eigenvalue weighted by atomic mass is 9.94. The second-order valence-corrected chi connectivity index (χ2v) is 12.5. The minimum atomic E-state index is -0.700. The number of hydrogen-bond acceptors (Lipinski definition) is 7. The Kier molecular flexibility index (Phi) is 7.86. The zero-order valence-electron chi connectivity index (χ0n) is 22.5. The number of amides is 1. The van der Waals surface area contributed by atoms with Crippen molar-refractivity contribution in [2.24, 2.45) is 0 Å². The number of carbonyl (C=O) groups is 2. The van der Waals surface area contributed by atoms with E-state index in [0.29, 0.717) is 5.69 Å². The Bertz CT molecular complexity index is 1440. The predicted octanol–water partition coefficient (Wildman–Crippen LogP) is 6.71. The number of likely N-dealkylation sites (N-methyl/N-ethyl adjacent to an activating group) is 1. The lowest BCUT2D eigenvalue weighted by Gasteiger charge is -2.37. The number of aromatic nitrogens is 2. The molecule has 200 valence electrons. The molecule has 0 fully saturated rings. The van der Waals surface area contributed by atoms with Crippen molar-refractivity contribution in [1.29, 1.82) is 0 Å². The molecule has 1 amide bonds. The Morgan fingerprint density at radius 2 is 1.56 bits per heavy atom. The van der Waals surface area contributed by atoms with Crippen molar-refractivity contribution in [3.63, 3.8) is 0 Å². The summed E-state index contributed by atoms with van der Waals surface area (Å²) < 4.78 is 9.48. The maximum absolute atomic E-state index is 13.8. The molecule has 0 bridgehead atoms. The van der Waals surface area contributed by atoms with Crippen LogP contribution in [0.5, 0.6) is 0 Å². The fourth-order valence-corrected chi connectivity index (χ4v) is 6.56. The van der Waals surface area contributed by atoms with Crippen molar-refractivity contribution >= 4 is 35.2 Å². The molecule has 8 heteroatoms. The van der Waals surface area contributed by atoms with Gasteiger partial charge in [-0.15, -0.1) is 5.10 Å². The fourth-order valence-electron chi connectivity index (χ4n) is 5.38. The molecule has 1 atom stereocenters. The van der Waals surface area contributed by atoms with Crippen molar-refractivity contribution in [2.75, 3.05) is 19.9 Å². The minimum absolute atomic E-state index is 0.0471. The van der Waals surface area contributed by atoms with Crippen LogP contribution < -0.4 is 0 Å². The van der Waals surface area contributed by atoms with Crippen molar-refractivity contribution < 1.29 is 14.3 Å². The maximum Gasteiger partial charge on any atom is 0.410 e. The summed E-state index contributed by atoms with van der Waals surface area (Å²) in [6.07, 6.45) is 1.58. The number of ketones is 1. The lowest BCUT2D eigenvalue weighted by molar-refractivity contribution is -0.123. The molecular weight excluding hydrogens is 526 g/mol. The van der Waals surface area contributed by atoms with Crippen molar-refractivity contribution in [1.82, 2.24) is 14.5 Å². The molecule has 0 N–H and O–H groups in total.